The third-order valence-electron chi connectivity index (χ3n) is 6.76. The van der Waals surface area contributed by atoms with E-state index in [0.29, 0.717) is 36.4 Å². The molecule has 3 aromatic carbocycles. The lowest BCUT2D eigenvalue weighted by Gasteiger charge is -2.33. The summed E-state index contributed by atoms with van der Waals surface area (Å²) in [6.45, 7) is 0. The fourth-order valence-corrected chi connectivity index (χ4v) is 9.51. The molecule has 1 aliphatic rings. The molecule has 4 rings (SSSR count). The standard InChI is InChI=1S/C33H39NO13P/c1-38-19-12-22(41-4)31(23(13-19)42-5)48(18-30(37)47-34-28(35)10-11-29(34)36,32-24(43-6)14-20(39-2)15-25(32)44-7)33-26(45-8)16-21(40-3)17-27(33)46-9/h12-17H,10-11,18H2,1-9H3/q+1/i1D3,2D3,3D3,4D3,5D3,6D3,7D3,8D3,9D3. The average Bonchev–Trinajstić information content (AvgIpc) is 3.40. The van der Waals surface area contributed by atoms with Crippen molar-refractivity contribution in [1.29, 1.82) is 0 Å². The van der Waals surface area contributed by atoms with E-state index in [1.807, 2.05) is 0 Å². The Morgan fingerprint density at radius 2 is 0.854 bits per heavy atom. The third kappa shape index (κ3) is 6.40. The van der Waals surface area contributed by atoms with E-state index < -0.39 is 175 Å². The smallest absolute Gasteiger partial charge is 0.371 e. The summed E-state index contributed by atoms with van der Waals surface area (Å²) in [5, 5.41) is -4.60. The van der Waals surface area contributed by atoms with Crippen molar-refractivity contribution in [3.8, 4) is 51.7 Å². The van der Waals surface area contributed by atoms with Crippen molar-refractivity contribution in [2.24, 2.45) is 0 Å². The molecule has 0 saturated carbocycles. The minimum Gasteiger partial charge on any atom is -0.496 e. The molecule has 0 atom stereocenters. The predicted octanol–water partition coefficient (Wildman–Crippen LogP) is 2.67. The van der Waals surface area contributed by atoms with Crippen LogP contribution in [0.15, 0.2) is 36.4 Å². The topological polar surface area (TPSA) is 147 Å². The zero-order valence-electron chi connectivity index (χ0n) is 50.8. The Balaban J connectivity index is 2.73. The number of hydrogen-bond donors (Lipinski definition) is 0. The van der Waals surface area contributed by atoms with E-state index in [4.69, 9.17) is 84.5 Å². The van der Waals surface area contributed by atoms with Gasteiger partial charge in [-0.1, -0.05) is 0 Å². The van der Waals surface area contributed by atoms with E-state index in [1.165, 1.54) is 0 Å². The maximum atomic E-state index is 15.0. The molecule has 1 heterocycles. The minimum atomic E-state index is -6.22. The molecule has 1 fully saturated rings. The van der Waals surface area contributed by atoms with E-state index in [0.717, 1.165) is 0 Å². The first-order chi connectivity index (χ1) is 33.4. The number of carbonyl (C=O) groups is 3. The lowest BCUT2D eigenvalue weighted by Crippen LogP contribution is -2.41. The Labute approximate surface area is 316 Å². The molecular formula is C33H39NO13P+. The lowest BCUT2D eigenvalue weighted by atomic mass is 10.3. The predicted molar refractivity (Wildman–Crippen MR) is 176 cm³/mol. The van der Waals surface area contributed by atoms with Gasteiger partial charge in [-0.25, -0.2) is 4.79 Å². The zero-order chi connectivity index (χ0) is 57.7. The van der Waals surface area contributed by atoms with E-state index >= 15 is 4.79 Å². The molecule has 0 spiro atoms. The fourth-order valence-electron chi connectivity index (χ4n) is 5.00. The highest BCUT2D eigenvalue weighted by Gasteiger charge is 2.60. The fraction of sp³-hybridized carbons (Fsp3) is 0.364. The van der Waals surface area contributed by atoms with Gasteiger partial charge in [-0.05, 0) is 0 Å². The van der Waals surface area contributed by atoms with Gasteiger partial charge in [0.1, 0.15) is 24.5 Å². The molecule has 0 aromatic heterocycles. The van der Waals surface area contributed by atoms with Gasteiger partial charge < -0.3 is 47.5 Å². The number of ether oxygens (including phenoxy) is 9. The Hall–Kier alpha value is -5.10. The van der Waals surface area contributed by atoms with Crippen LogP contribution in [0.3, 0.4) is 0 Å². The number of amides is 2. The van der Waals surface area contributed by atoms with Gasteiger partial charge in [0.05, 0.1) is 100 Å². The van der Waals surface area contributed by atoms with Crippen molar-refractivity contribution in [3.05, 3.63) is 36.4 Å². The molecule has 0 unspecified atom stereocenters. The molecule has 48 heavy (non-hydrogen) atoms. The van der Waals surface area contributed by atoms with Gasteiger partial charge >= 0.3 is 5.97 Å². The third-order valence-corrected chi connectivity index (χ3v) is 11.1. The second-order valence-electron chi connectivity index (χ2n) is 9.24. The van der Waals surface area contributed by atoms with Gasteiger partial charge in [0.2, 0.25) is 0 Å². The molecule has 0 radical (unpaired) electrons. The van der Waals surface area contributed by atoms with Crippen molar-refractivity contribution in [3.63, 3.8) is 0 Å². The average molecular weight is 716 g/mol. The Bertz CT molecular complexity index is 2250. The number of hydrogen-bond acceptors (Lipinski definition) is 13. The summed E-state index contributed by atoms with van der Waals surface area (Å²) < 4.78 is 264. The second kappa shape index (κ2) is 15.2. The monoisotopic (exact) mass is 715 g/mol. The highest BCUT2D eigenvalue weighted by atomic mass is 31.2. The Kier molecular flexibility index (Phi) is 4.49. The molecule has 15 heteroatoms. The minimum absolute atomic E-state index is 0.163. The normalized spacial score (nSPS) is 23.4. The van der Waals surface area contributed by atoms with E-state index in [2.05, 4.69) is 0 Å². The molecule has 0 N–H and O–H groups in total. The highest BCUT2D eigenvalue weighted by molar-refractivity contribution is 7.97. The van der Waals surface area contributed by atoms with Gasteiger partial charge in [-0.15, -0.1) is 5.06 Å². The number of carbonyl (C=O) groups excluding carboxylic acids is 3. The number of imide groups is 1. The quantitative estimate of drug-likeness (QED) is 0.168. The number of benzene rings is 3. The first kappa shape index (κ1) is 14.2. The summed E-state index contributed by atoms with van der Waals surface area (Å²) in [6.07, 6.45) is -3.30. The molecule has 3 aromatic rings. The van der Waals surface area contributed by atoms with Crippen LogP contribution in [-0.2, 0) is 19.2 Å². The summed E-state index contributed by atoms with van der Waals surface area (Å²) in [6, 6.07) is 1.89. The maximum absolute atomic E-state index is 15.0. The van der Waals surface area contributed by atoms with Gasteiger partial charge in [-0.3, -0.25) is 9.59 Å². The van der Waals surface area contributed by atoms with E-state index in [9.17, 15) is 9.59 Å². The first-order valence-corrected chi connectivity index (χ1v) is 14.6. The molecule has 258 valence electrons. The summed E-state index contributed by atoms with van der Waals surface area (Å²) in [5.41, 5.74) is 0. The van der Waals surface area contributed by atoms with E-state index in [1.54, 1.807) is 0 Å². The van der Waals surface area contributed by atoms with Gasteiger partial charge in [0.15, 0.2) is 56.6 Å². The summed E-state index contributed by atoms with van der Waals surface area (Å²) in [5.74, 6) is -17.2. The second-order valence-corrected chi connectivity index (χ2v) is 12.5. The van der Waals surface area contributed by atoms with Crippen molar-refractivity contribution >= 4 is 41.0 Å². The van der Waals surface area contributed by atoms with Gasteiger partial charge in [0.25, 0.3) is 11.8 Å². The molecule has 1 aliphatic heterocycles. The molecule has 14 nitrogen and oxygen atoms in total. The Morgan fingerprint density at radius 3 is 1.12 bits per heavy atom. The van der Waals surface area contributed by atoms with Crippen molar-refractivity contribution in [1.82, 2.24) is 5.06 Å². The molecule has 0 bridgehead atoms. The van der Waals surface area contributed by atoms with E-state index in [-0.39, 0.29) is 5.06 Å². The van der Waals surface area contributed by atoms with Crippen LogP contribution in [0.2, 0.25) is 0 Å². The van der Waals surface area contributed by atoms with Crippen LogP contribution in [-0.4, -0.2) is 92.4 Å². The van der Waals surface area contributed by atoms with Crippen molar-refractivity contribution in [2.45, 2.75) is 12.8 Å². The summed E-state index contributed by atoms with van der Waals surface area (Å²) in [4.78, 5) is 46.2. The number of methoxy groups -OCH3 is 9. The summed E-state index contributed by atoms with van der Waals surface area (Å²) >= 11 is 0. The zero-order valence-corrected chi connectivity index (χ0v) is 24.7. The van der Waals surface area contributed by atoms with Crippen LogP contribution in [0.5, 0.6) is 51.7 Å². The first-order valence-electron chi connectivity index (χ1n) is 26.1. The van der Waals surface area contributed by atoms with Crippen molar-refractivity contribution in [2.75, 3.05) is 69.5 Å². The van der Waals surface area contributed by atoms with Crippen LogP contribution in [0, 0.1) is 0 Å². The number of rotatable bonds is 15. The maximum Gasteiger partial charge on any atom is 0.371 e. The number of nitrogens with zero attached hydrogens (tertiary/aromatic N) is 1. The summed E-state index contributed by atoms with van der Waals surface area (Å²) in [7, 11) is -40.5. The molecule has 0 aliphatic carbocycles. The molecular weight excluding hydrogens is 649 g/mol. The number of hydroxylamine groups is 2. The van der Waals surface area contributed by atoms with Gasteiger partial charge in [0, 0.05) is 49.2 Å². The van der Waals surface area contributed by atoms with Crippen LogP contribution in [0.4, 0.5) is 0 Å². The molecule has 2 amide bonds. The highest BCUT2D eigenvalue weighted by Crippen LogP contribution is 2.66. The van der Waals surface area contributed by atoms with Crippen LogP contribution < -0.4 is 58.5 Å². The van der Waals surface area contributed by atoms with Gasteiger partial charge in [-0.2, -0.15) is 0 Å². The van der Waals surface area contributed by atoms with Crippen LogP contribution in [0.1, 0.15) is 49.9 Å². The van der Waals surface area contributed by atoms with Crippen LogP contribution in [0.25, 0.3) is 0 Å². The van der Waals surface area contributed by atoms with Crippen molar-refractivity contribution < 1.29 is 98.9 Å². The SMILES string of the molecule is [2H]C([2H])([2H])Oc1cc(OC([2H])([2H])[2H])c([P+](CC(=O)ON2C(=O)CCC2=O)(c2c(OC([2H])([2H])[2H])cc(OC([2H])([2H])[2H])cc2OC([2H])([2H])[2H])c2c(OC([2H])([2H])[2H])cc(OC([2H])([2H])[2H])cc2OC([2H])([2H])[2H])c(OC([2H])([2H])[2H])c1. The largest absolute Gasteiger partial charge is 0.496 e. The van der Waals surface area contributed by atoms with Crippen LogP contribution >= 0.6 is 7.26 Å². The lowest BCUT2D eigenvalue weighted by molar-refractivity contribution is -0.195. The molecule has 1 saturated heterocycles. The Morgan fingerprint density at radius 1 is 0.562 bits per heavy atom.